The Kier molecular flexibility index (Phi) is 2.90. The van der Waals surface area contributed by atoms with E-state index in [2.05, 4.69) is 5.32 Å². The quantitative estimate of drug-likeness (QED) is 0.678. The molecule has 1 amide bonds. The van der Waals surface area contributed by atoms with Gasteiger partial charge in [0.1, 0.15) is 0 Å². The van der Waals surface area contributed by atoms with Crippen LogP contribution in [0.3, 0.4) is 0 Å². The molecule has 0 bridgehead atoms. The first-order chi connectivity index (χ1) is 6.15. The van der Waals surface area contributed by atoms with Crippen molar-refractivity contribution in [1.29, 1.82) is 0 Å². The fourth-order valence-corrected chi connectivity index (χ4v) is 1.24. The summed E-state index contributed by atoms with van der Waals surface area (Å²) in [6, 6.07) is 5.63. The van der Waals surface area contributed by atoms with Crippen molar-refractivity contribution in [1.82, 2.24) is 0 Å². The van der Waals surface area contributed by atoms with Crippen LogP contribution in [-0.2, 0) is 11.2 Å². The predicted octanol–water partition coefficient (Wildman–Crippen LogP) is 1.79. The van der Waals surface area contributed by atoms with E-state index in [1.807, 2.05) is 19.1 Å². The summed E-state index contributed by atoms with van der Waals surface area (Å²) >= 11 is 0. The van der Waals surface area contributed by atoms with Gasteiger partial charge in [0.15, 0.2) is 0 Å². The number of amides is 1. The zero-order valence-electron chi connectivity index (χ0n) is 7.92. The Morgan fingerprint density at radius 2 is 2.23 bits per heavy atom. The average molecular weight is 178 g/mol. The van der Waals surface area contributed by atoms with Crippen LogP contribution in [0, 0.1) is 0 Å². The van der Waals surface area contributed by atoms with Gasteiger partial charge in [-0.15, -0.1) is 0 Å². The summed E-state index contributed by atoms with van der Waals surface area (Å²) in [5, 5.41) is 2.73. The molecule has 3 N–H and O–H groups in total. The number of nitrogens with one attached hydrogen (secondary N) is 1. The van der Waals surface area contributed by atoms with Crippen molar-refractivity contribution < 1.29 is 4.79 Å². The fraction of sp³-hybridized carbons (Fsp3) is 0.300. The third kappa shape index (κ3) is 2.21. The summed E-state index contributed by atoms with van der Waals surface area (Å²) in [5.74, 6) is -0.0902. The van der Waals surface area contributed by atoms with E-state index < -0.39 is 0 Å². The number of rotatable bonds is 2. The Morgan fingerprint density at radius 1 is 1.54 bits per heavy atom. The second-order valence-corrected chi connectivity index (χ2v) is 2.92. The topological polar surface area (TPSA) is 55.1 Å². The molecule has 0 aromatic heterocycles. The third-order valence-corrected chi connectivity index (χ3v) is 1.86. The Labute approximate surface area is 77.9 Å². The monoisotopic (exact) mass is 178 g/mol. The number of aryl methyl sites for hydroxylation is 1. The molecule has 1 rings (SSSR count). The van der Waals surface area contributed by atoms with Gasteiger partial charge in [-0.25, -0.2) is 0 Å². The second-order valence-electron chi connectivity index (χ2n) is 2.92. The lowest BCUT2D eigenvalue weighted by Crippen LogP contribution is -2.10. The molecule has 0 atom stereocenters. The number of anilines is 2. The van der Waals surface area contributed by atoms with E-state index in [1.54, 1.807) is 6.07 Å². The van der Waals surface area contributed by atoms with E-state index in [0.717, 1.165) is 17.7 Å². The molecule has 0 aliphatic heterocycles. The minimum atomic E-state index is -0.0902. The van der Waals surface area contributed by atoms with Crippen LogP contribution >= 0.6 is 0 Å². The average Bonchev–Trinajstić information content (AvgIpc) is 2.08. The lowest BCUT2D eigenvalue weighted by molar-refractivity contribution is -0.114. The minimum Gasteiger partial charge on any atom is -0.397 e. The SMILES string of the molecule is CCc1cccc(N)c1NC(C)=O. The van der Waals surface area contributed by atoms with Crippen molar-refractivity contribution in [3.8, 4) is 0 Å². The van der Waals surface area contributed by atoms with E-state index >= 15 is 0 Å². The van der Waals surface area contributed by atoms with Crippen molar-refractivity contribution in [2.24, 2.45) is 0 Å². The number of para-hydroxylation sites is 1. The third-order valence-electron chi connectivity index (χ3n) is 1.86. The Morgan fingerprint density at radius 3 is 2.77 bits per heavy atom. The molecule has 0 aliphatic carbocycles. The first kappa shape index (κ1) is 9.58. The van der Waals surface area contributed by atoms with Gasteiger partial charge in [-0.2, -0.15) is 0 Å². The van der Waals surface area contributed by atoms with Crippen LogP contribution in [0.15, 0.2) is 18.2 Å². The summed E-state index contributed by atoms with van der Waals surface area (Å²) in [6.45, 7) is 3.51. The van der Waals surface area contributed by atoms with Gasteiger partial charge in [0.05, 0.1) is 11.4 Å². The van der Waals surface area contributed by atoms with Crippen LogP contribution in [0.1, 0.15) is 19.4 Å². The zero-order chi connectivity index (χ0) is 9.84. The van der Waals surface area contributed by atoms with E-state index in [1.165, 1.54) is 6.92 Å². The molecular formula is C10H14N2O. The maximum absolute atomic E-state index is 10.9. The molecule has 0 saturated carbocycles. The summed E-state index contributed by atoms with van der Waals surface area (Å²) in [4.78, 5) is 10.9. The van der Waals surface area contributed by atoms with E-state index in [4.69, 9.17) is 5.73 Å². The molecule has 3 nitrogen and oxygen atoms in total. The van der Waals surface area contributed by atoms with Crippen molar-refractivity contribution in [2.45, 2.75) is 20.3 Å². The van der Waals surface area contributed by atoms with Crippen LogP contribution in [0.4, 0.5) is 11.4 Å². The lowest BCUT2D eigenvalue weighted by atomic mass is 10.1. The van der Waals surface area contributed by atoms with Gasteiger partial charge in [0.25, 0.3) is 0 Å². The van der Waals surface area contributed by atoms with Gasteiger partial charge in [0, 0.05) is 6.92 Å². The normalized spacial score (nSPS) is 9.69. The molecule has 0 unspecified atom stereocenters. The maximum Gasteiger partial charge on any atom is 0.221 e. The van der Waals surface area contributed by atoms with Gasteiger partial charge >= 0.3 is 0 Å². The molecule has 0 radical (unpaired) electrons. The summed E-state index contributed by atoms with van der Waals surface area (Å²) in [7, 11) is 0. The van der Waals surface area contributed by atoms with Crippen LogP contribution in [0.25, 0.3) is 0 Å². The molecule has 3 heteroatoms. The summed E-state index contributed by atoms with van der Waals surface area (Å²) < 4.78 is 0. The highest BCUT2D eigenvalue weighted by Crippen LogP contribution is 2.23. The van der Waals surface area contributed by atoms with Crippen molar-refractivity contribution in [2.75, 3.05) is 11.1 Å². The molecule has 0 spiro atoms. The second kappa shape index (κ2) is 3.94. The van der Waals surface area contributed by atoms with E-state index in [0.29, 0.717) is 5.69 Å². The molecule has 0 saturated heterocycles. The Bertz CT molecular complexity index is 321. The Balaban J connectivity index is 3.07. The van der Waals surface area contributed by atoms with Crippen LogP contribution in [0.5, 0.6) is 0 Å². The standard InChI is InChI=1S/C10H14N2O/c1-3-8-5-4-6-9(11)10(8)12-7(2)13/h4-6H,3,11H2,1-2H3,(H,12,13). The molecule has 0 heterocycles. The number of nitrogens with two attached hydrogens (primary N) is 1. The van der Waals surface area contributed by atoms with Crippen molar-refractivity contribution in [3.63, 3.8) is 0 Å². The maximum atomic E-state index is 10.9. The fourth-order valence-electron chi connectivity index (χ4n) is 1.24. The smallest absolute Gasteiger partial charge is 0.221 e. The molecule has 1 aromatic carbocycles. The van der Waals surface area contributed by atoms with Crippen LogP contribution in [0.2, 0.25) is 0 Å². The van der Waals surface area contributed by atoms with E-state index in [-0.39, 0.29) is 5.91 Å². The van der Waals surface area contributed by atoms with Gasteiger partial charge < -0.3 is 11.1 Å². The first-order valence-electron chi connectivity index (χ1n) is 4.30. The van der Waals surface area contributed by atoms with Gasteiger partial charge in [-0.1, -0.05) is 19.1 Å². The van der Waals surface area contributed by atoms with Crippen LogP contribution in [-0.4, -0.2) is 5.91 Å². The predicted molar refractivity (Wildman–Crippen MR) is 54.5 cm³/mol. The highest BCUT2D eigenvalue weighted by atomic mass is 16.1. The largest absolute Gasteiger partial charge is 0.397 e. The van der Waals surface area contributed by atoms with Crippen molar-refractivity contribution in [3.05, 3.63) is 23.8 Å². The van der Waals surface area contributed by atoms with Gasteiger partial charge in [0.2, 0.25) is 5.91 Å². The molecule has 13 heavy (non-hydrogen) atoms. The summed E-state index contributed by atoms with van der Waals surface area (Å²) in [6.07, 6.45) is 0.862. The molecule has 0 fully saturated rings. The van der Waals surface area contributed by atoms with Crippen molar-refractivity contribution >= 4 is 17.3 Å². The Hall–Kier alpha value is -1.51. The molecular weight excluding hydrogens is 164 g/mol. The molecule has 70 valence electrons. The van der Waals surface area contributed by atoms with Crippen LogP contribution < -0.4 is 11.1 Å². The van der Waals surface area contributed by atoms with E-state index in [9.17, 15) is 4.79 Å². The molecule has 1 aromatic rings. The van der Waals surface area contributed by atoms with Gasteiger partial charge in [-0.3, -0.25) is 4.79 Å². The van der Waals surface area contributed by atoms with Gasteiger partial charge in [-0.05, 0) is 18.1 Å². The minimum absolute atomic E-state index is 0.0902. The summed E-state index contributed by atoms with van der Waals surface area (Å²) in [5.41, 5.74) is 8.16. The number of carbonyl (C=O) groups excluding carboxylic acids is 1. The number of benzene rings is 1. The number of carbonyl (C=O) groups is 1. The number of hydrogen-bond acceptors (Lipinski definition) is 2. The lowest BCUT2D eigenvalue weighted by Gasteiger charge is -2.10. The number of hydrogen-bond donors (Lipinski definition) is 2. The zero-order valence-corrected chi connectivity index (χ0v) is 7.92. The molecule has 0 aliphatic rings. The number of nitrogen functional groups attached to an aromatic ring is 1. The first-order valence-corrected chi connectivity index (χ1v) is 4.30. The highest BCUT2D eigenvalue weighted by molar-refractivity contribution is 5.93. The highest BCUT2D eigenvalue weighted by Gasteiger charge is 2.05.